The number of pyridine rings is 1. The first-order valence-corrected chi connectivity index (χ1v) is 17.9. The van der Waals surface area contributed by atoms with E-state index in [4.69, 9.17) is 9.72 Å². The van der Waals surface area contributed by atoms with Crippen LogP contribution in [0.2, 0.25) is 0 Å². The lowest BCUT2D eigenvalue weighted by atomic mass is 9.88. The molecule has 2 aromatic heterocycles. The lowest BCUT2D eigenvalue weighted by molar-refractivity contribution is 0.483. The lowest BCUT2D eigenvalue weighted by Gasteiger charge is -2.23. The molecule has 0 fully saturated rings. The molecule has 0 aliphatic carbocycles. The van der Waals surface area contributed by atoms with E-state index in [0.717, 1.165) is 34.0 Å². The van der Waals surface area contributed by atoms with E-state index >= 15 is 0 Å². The average Bonchev–Trinajstić information content (AvgIpc) is 3.71. The van der Waals surface area contributed by atoms with Gasteiger partial charge in [-0.3, -0.25) is 4.57 Å². The van der Waals surface area contributed by atoms with Crippen LogP contribution < -0.4 is 14.5 Å². The first-order valence-electron chi connectivity index (χ1n) is 17.9. The summed E-state index contributed by atoms with van der Waals surface area (Å²) in [5.41, 5.74) is 11.8. The molecule has 0 saturated carbocycles. The zero-order chi connectivity index (χ0) is 35.4. The summed E-state index contributed by atoms with van der Waals surface area (Å²) < 4.78 is 8.90. The zero-order valence-corrected chi connectivity index (χ0v) is 29.9. The van der Waals surface area contributed by atoms with Crippen molar-refractivity contribution in [3.8, 4) is 28.4 Å². The van der Waals surface area contributed by atoms with Gasteiger partial charge in [0, 0.05) is 40.5 Å². The third-order valence-electron chi connectivity index (χ3n) is 10.2. The molecule has 0 atom stereocenters. The van der Waals surface area contributed by atoms with Crippen molar-refractivity contribution in [1.29, 1.82) is 0 Å². The predicted octanol–water partition coefficient (Wildman–Crippen LogP) is 12.5. The molecule has 0 spiro atoms. The highest BCUT2D eigenvalue weighted by Gasteiger charge is 2.28. The Morgan fingerprint density at radius 1 is 0.577 bits per heavy atom. The summed E-state index contributed by atoms with van der Waals surface area (Å²) in [5.74, 6) is 2.46. The van der Waals surface area contributed by atoms with Crippen LogP contribution in [0.5, 0.6) is 11.5 Å². The second-order valence-electron chi connectivity index (χ2n) is 14.6. The molecule has 9 rings (SSSR count). The van der Waals surface area contributed by atoms with Gasteiger partial charge in [0.05, 0.1) is 22.4 Å². The Bertz CT molecular complexity index is 2600. The number of fused-ring (bicyclic) bond motifs is 4. The van der Waals surface area contributed by atoms with Gasteiger partial charge in [-0.1, -0.05) is 93.6 Å². The maximum atomic E-state index is 6.65. The molecule has 0 radical (unpaired) electrons. The smallest absolute Gasteiger partial charge is 0.137 e. The Hall–Kier alpha value is -6.33. The average molecular weight is 677 g/mol. The minimum atomic E-state index is 0.00849. The van der Waals surface area contributed by atoms with Crippen LogP contribution in [0.15, 0.2) is 158 Å². The van der Waals surface area contributed by atoms with Gasteiger partial charge in [-0.25, -0.2) is 4.98 Å². The van der Waals surface area contributed by atoms with E-state index in [2.05, 4.69) is 188 Å². The quantitative estimate of drug-likeness (QED) is 0.176. The molecule has 3 heterocycles. The molecule has 5 nitrogen and oxygen atoms in total. The summed E-state index contributed by atoms with van der Waals surface area (Å²) in [4.78, 5) is 9.59. The number of nitrogens with zero attached hydrogens (tertiary/aromatic N) is 4. The normalized spacial score (nSPS) is 12.8. The third kappa shape index (κ3) is 5.55. The molecule has 0 bridgehead atoms. The summed E-state index contributed by atoms with van der Waals surface area (Å²) in [5, 5.41) is 2.36. The van der Waals surface area contributed by atoms with E-state index in [1.807, 2.05) is 12.3 Å². The minimum Gasteiger partial charge on any atom is -0.457 e. The van der Waals surface area contributed by atoms with Gasteiger partial charge in [-0.2, -0.15) is 0 Å². The van der Waals surface area contributed by atoms with Gasteiger partial charge in [0.2, 0.25) is 0 Å². The van der Waals surface area contributed by atoms with Crippen molar-refractivity contribution in [1.82, 2.24) is 9.55 Å². The van der Waals surface area contributed by atoms with Crippen LogP contribution in [0.3, 0.4) is 0 Å². The molecule has 6 aromatic carbocycles. The second kappa shape index (κ2) is 12.5. The largest absolute Gasteiger partial charge is 0.457 e. The maximum absolute atomic E-state index is 6.65. The molecule has 0 unspecified atom stereocenters. The Morgan fingerprint density at radius 2 is 1.27 bits per heavy atom. The summed E-state index contributed by atoms with van der Waals surface area (Å²) in [7, 11) is 0. The van der Waals surface area contributed by atoms with Crippen LogP contribution in [0.4, 0.5) is 22.7 Å². The number of hydrogen-bond donors (Lipinski definition) is 0. The van der Waals surface area contributed by atoms with Gasteiger partial charge in [-0.15, -0.1) is 0 Å². The molecule has 8 aromatic rings. The van der Waals surface area contributed by atoms with Crippen LogP contribution in [-0.4, -0.2) is 16.2 Å². The van der Waals surface area contributed by atoms with Gasteiger partial charge < -0.3 is 14.5 Å². The molecule has 254 valence electrons. The molecule has 1 aliphatic heterocycles. The monoisotopic (exact) mass is 676 g/mol. The van der Waals surface area contributed by atoms with E-state index in [0.29, 0.717) is 6.67 Å². The summed E-state index contributed by atoms with van der Waals surface area (Å²) in [6.07, 6.45) is 1.92. The summed E-state index contributed by atoms with van der Waals surface area (Å²) in [6, 6.07) is 53.6. The molecular weight excluding hydrogens is 637 g/mol. The van der Waals surface area contributed by atoms with Crippen molar-refractivity contribution < 1.29 is 4.74 Å². The molecule has 0 amide bonds. The summed E-state index contributed by atoms with van der Waals surface area (Å²) in [6.45, 7) is 9.60. The minimum absolute atomic E-state index is 0.00849. The molecule has 0 N–H and O–H groups in total. The number of para-hydroxylation sites is 3. The van der Waals surface area contributed by atoms with Crippen LogP contribution in [0, 0.1) is 6.92 Å². The highest BCUT2D eigenvalue weighted by Crippen LogP contribution is 2.45. The number of aromatic nitrogens is 2. The van der Waals surface area contributed by atoms with Gasteiger partial charge in [0.25, 0.3) is 0 Å². The number of benzene rings is 6. The predicted molar refractivity (Wildman–Crippen MR) is 216 cm³/mol. The number of rotatable bonds is 6. The Balaban J connectivity index is 1.05. The molecule has 1 aliphatic rings. The maximum Gasteiger partial charge on any atom is 0.137 e. The standard InChI is InChI=1S/C47H40N4O/c1-32-27-36(21-23-39(32)33-13-6-5-7-14-33)50-31-49(43-19-10-11-20-44(43)50)35-15-12-16-37(29-35)52-38-22-24-41-40-17-8-9-18-42(40)51(45(41)30-38)46-28-34(25-26-48-46)47(2,3)4/h5-30H,31H2,1-4H3. The van der Waals surface area contributed by atoms with E-state index in [9.17, 15) is 0 Å². The SMILES string of the molecule is Cc1cc(N2CN(c3cccc(Oc4ccc5c6ccccc6n(-c6cc(C(C)(C)C)ccn6)c5c4)c3)c3ccccc32)ccc1-c1ccccc1. The van der Waals surface area contributed by atoms with Crippen molar-refractivity contribution in [2.24, 2.45) is 0 Å². The van der Waals surface area contributed by atoms with E-state index in [1.165, 1.54) is 50.1 Å². The molecule has 5 heteroatoms. The second-order valence-corrected chi connectivity index (χ2v) is 14.6. The van der Waals surface area contributed by atoms with Crippen LogP contribution >= 0.6 is 0 Å². The number of ether oxygens (including phenoxy) is 1. The first kappa shape index (κ1) is 31.6. The van der Waals surface area contributed by atoms with Gasteiger partial charge >= 0.3 is 0 Å². The Labute approximate surface area is 305 Å². The fourth-order valence-electron chi connectivity index (χ4n) is 7.53. The Kier molecular flexibility index (Phi) is 7.58. The topological polar surface area (TPSA) is 33.5 Å². The molecular formula is C47H40N4O. The number of anilines is 4. The van der Waals surface area contributed by atoms with Gasteiger partial charge in [0.1, 0.15) is 24.0 Å². The highest BCUT2D eigenvalue weighted by molar-refractivity contribution is 6.09. The molecule has 52 heavy (non-hydrogen) atoms. The number of hydrogen-bond acceptors (Lipinski definition) is 4. The van der Waals surface area contributed by atoms with Crippen molar-refractivity contribution in [3.05, 3.63) is 169 Å². The van der Waals surface area contributed by atoms with Crippen LogP contribution in [0.1, 0.15) is 31.9 Å². The third-order valence-corrected chi connectivity index (χ3v) is 10.2. The molecule has 0 saturated heterocycles. The first-order chi connectivity index (χ1) is 25.3. The van der Waals surface area contributed by atoms with Crippen LogP contribution in [-0.2, 0) is 5.41 Å². The lowest BCUT2D eigenvalue weighted by Crippen LogP contribution is -2.24. The van der Waals surface area contributed by atoms with E-state index in [1.54, 1.807) is 0 Å². The summed E-state index contributed by atoms with van der Waals surface area (Å²) >= 11 is 0. The van der Waals surface area contributed by atoms with Gasteiger partial charge in [0.15, 0.2) is 0 Å². The van der Waals surface area contributed by atoms with E-state index in [-0.39, 0.29) is 5.41 Å². The van der Waals surface area contributed by atoms with Crippen molar-refractivity contribution >= 4 is 44.6 Å². The highest BCUT2D eigenvalue weighted by atomic mass is 16.5. The fourth-order valence-corrected chi connectivity index (χ4v) is 7.53. The Morgan fingerprint density at radius 3 is 2.04 bits per heavy atom. The van der Waals surface area contributed by atoms with Gasteiger partial charge in [-0.05, 0) is 101 Å². The number of aryl methyl sites for hydroxylation is 1. The van der Waals surface area contributed by atoms with Crippen molar-refractivity contribution in [3.63, 3.8) is 0 Å². The fraction of sp³-hybridized carbons (Fsp3) is 0.128. The van der Waals surface area contributed by atoms with Crippen molar-refractivity contribution in [2.75, 3.05) is 16.5 Å². The van der Waals surface area contributed by atoms with Crippen molar-refractivity contribution in [2.45, 2.75) is 33.1 Å². The zero-order valence-electron chi connectivity index (χ0n) is 29.9. The van der Waals surface area contributed by atoms with Crippen LogP contribution in [0.25, 0.3) is 38.8 Å². The van der Waals surface area contributed by atoms with E-state index < -0.39 is 0 Å².